The van der Waals surface area contributed by atoms with Crippen LogP contribution in [-0.2, 0) is 0 Å². The Hall–Kier alpha value is -0.700. The van der Waals surface area contributed by atoms with Crippen molar-refractivity contribution in [1.82, 2.24) is 9.80 Å². The molecule has 0 saturated carbocycles. The summed E-state index contributed by atoms with van der Waals surface area (Å²) in [4.78, 5) is 8.78. The highest BCUT2D eigenvalue weighted by Gasteiger charge is 2.20. The lowest BCUT2D eigenvalue weighted by Crippen LogP contribution is -2.48. The third-order valence-corrected chi connectivity index (χ3v) is 3.05. The van der Waals surface area contributed by atoms with Gasteiger partial charge in [-0.05, 0) is 32.6 Å². The summed E-state index contributed by atoms with van der Waals surface area (Å²) in [7, 11) is 0. The molecule has 0 amide bonds. The highest BCUT2D eigenvalue weighted by atomic mass is 15.3. The molecule has 0 fully saturated rings. The van der Waals surface area contributed by atoms with E-state index in [-0.39, 0.29) is 0 Å². The number of nitrogens with zero attached hydrogens (tertiary/aromatic N) is 3. The van der Waals surface area contributed by atoms with Crippen molar-refractivity contribution in [1.29, 1.82) is 5.41 Å². The Morgan fingerprint density at radius 2 is 1.44 bits per heavy atom. The summed E-state index contributed by atoms with van der Waals surface area (Å²) in [5, 5.41) is 6.80. The molecule has 0 aromatic heterocycles. The molecule has 0 radical (unpaired) electrons. The smallest absolute Gasteiger partial charge is 0.0861 e. The maximum atomic E-state index is 6.80. The third-order valence-electron chi connectivity index (χ3n) is 3.05. The van der Waals surface area contributed by atoms with Gasteiger partial charge < -0.3 is 0 Å². The minimum Gasteiger partial charge on any atom is -0.288 e. The van der Waals surface area contributed by atoms with Crippen molar-refractivity contribution in [2.24, 2.45) is 4.99 Å². The molecule has 0 aromatic rings. The molecule has 0 saturated heterocycles. The number of nitrogens with one attached hydrogen (secondary N) is 1. The zero-order valence-corrected chi connectivity index (χ0v) is 11.2. The minimum absolute atomic E-state index is 0.446. The van der Waals surface area contributed by atoms with E-state index in [1.54, 1.807) is 0 Å². The molecule has 0 spiro atoms. The van der Waals surface area contributed by atoms with Crippen LogP contribution >= 0.6 is 0 Å². The molecular weight excluding hydrogens is 200 g/mol. The molecule has 0 aliphatic rings. The molecule has 0 aliphatic heterocycles. The summed E-state index contributed by atoms with van der Waals surface area (Å²) >= 11 is 0. The second-order valence-electron chi connectivity index (χ2n) is 3.71. The quantitative estimate of drug-likeness (QED) is 0.483. The van der Waals surface area contributed by atoms with Crippen LogP contribution in [0.2, 0.25) is 0 Å². The molecule has 4 nitrogen and oxygen atoms in total. The van der Waals surface area contributed by atoms with Crippen molar-refractivity contribution in [2.75, 3.05) is 32.7 Å². The standard InChI is InChI=1S/C12H26N4/c1-5-15(6-2)12(9-10-14-11-13)16(7-3)8-4/h12-13H,5-10H2,1-4H3. The normalized spacial score (nSPS) is 11.2. The minimum atomic E-state index is 0.446. The van der Waals surface area contributed by atoms with Gasteiger partial charge in [-0.1, -0.05) is 27.7 Å². The van der Waals surface area contributed by atoms with Crippen molar-refractivity contribution in [3.63, 3.8) is 0 Å². The predicted molar refractivity (Wildman–Crippen MR) is 69.3 cm³/mol. The van der Waals surface area contributed by atoms with Crippen LogP contribution in [0.25, 0.3) is 0 Å². The van der Waals surface area contributed by atoms with E-state index in [2.05, 4.69) is 48.5 Å². The number of rotatable bonds is 9. The first-order valence-corrected chi connectivity index (χ1v) is 6.31. The summed E-state index contributed by atoms with van der Waals surface area (Å²) in [6, 6.07) is 2.11. The molecular formula is C12H26N4. The van der Waals surface area contributed by atoms with Gasteiger partial charge in [0, 0.05) is 0 Å². The molecule has 1 N–H and O–H groups in total. The van der Waals surface area contributed by atoms with E-state index >= 15 is 0 Å². The van der Waals surface area contributed by atoms with Gasteiger partial charge in [0.1, 0.15) is 0 Å². The van der Waals surface area contributed by atoms with E-state index in [0.717, 1.165) is 32.6 Å². The Morgan fingerprint density at radius 3 is 1.75 bits per heavy atom. The van der Waals surface area contributed by atoms with Crippen LogP contribution in [0.15, 0.2) is 4.99 Å². The Morgan fingerprint density at radius 1 is 1.00 bits per heavy atom. The monoisotopic (exact) mass is 226 g/mol. The van der Waals surface area contributed by atoms with Crippen molar-refractivity contribution in [3.8, 4) is 0 Å². The average molecular weight is 226 g/mol. The Balaban J connectivity index is 4.51. The maximum absolute atomic E-state index is 6.80. The van der Waals surface area contributed by atoms with Crippen molar-refractivity contribution < 1.29 is 0 Å². The molecule has 0 rings (SSSR count). The predicted octanol–water partition coefficient (Wildman–Crippen LogP) is 2.14. The van der Waals surface area contributed by atoms with Crippen LogP contribution < -0.4 is 0 Å². The van der Waals surface area contributed by atoms with Gasteiger partial charge in [0.25, 0.3) is 0 Å². The Kier molecular flexibility index (Phi) is 9.10. The first-order chi connectivity index (χ1) is 7.74. The van der Waals surface area contributed by atoms with Crippen LogP contribution in [-0.4, -0.2) is 54.7 Å². The first-order valence-electron chi connectivity index (χ1n) is 6.31. The zero-order valence-electron chi connectivity index (χ0n) is 11.2. The summed E-state index contributed by atoms with van der Waals surface area (Å²) in [5.41, 5.74) is 0. The van der Waals surface area contributed by atoms with Gasteiger partial charge in [0.15, 0.2) is 0 Å². The van der Waals surface area contributed by atoms with Gasteiger partial charge in [-0.25, -0.2) is 10.4 Å². The summed E-state index contributed by atoms with van der Waals surface area (Å²) in [5.74, 6) is 0. The van der Waals surface area contributed by atoms with E-state index in [9.17, 15) is 0 Å². The average Bonchev–Trinajstić information content (AvgIpc) is 2.31. The molecule has 16 heavy (non-hydrogen) atoms. The van der Waals surface area contributed by atoms with Crippen molar-refractivity contribution in [3.05, 3.63) is 0 Å². The number of hydrogen-bond acceptors (Lipinski definition) is 4. The lowest BCUT2D eigenvalue weighted by Gasteiger charge is -2.37. The van der Waals surface area contributed by atoms with Crippen molar-refractivity contribution >= 4 is 6.01 Å². The van der Waals surface area contributed by atoms with E-state index in [1.165, 1.54) is 0 Å². The van der Waals surface area contributed by atoms with Gasteiger partial charge in [0.2, 0.25) is 0 Å². The second kappa shape index (κ2) is 9.52. The molecule has 0 aliphatic carbocycles. The molecule has 4 heteroatoms. The third kappa shape index (κ3) is 4.88. The van der Waals surface area contributed by atoms with Crippen LogP contribution in [0.5, 0.6) is 0 Å². The topological polar surface area (TPSA) is 42.7 Å². The van der Waals surface area contributed by atoms with E-state index in [0.29, 0.717) is 12.7 Å². The lowest BCUT2D eigenvalue weighted by atomic mass is 10.2. The molecule has 94 valence electrons. The number of aliphatic imine (C=N–C) groups is 1. The highest BCUT2D eigenvalue weighted by molar-refractivity contribution is 5.35. The SMILES string of the molecule is CCN(CC)C(CCN=C=N)N(CC)CC. The first kappa shape index (κ1) is 15.3. The Bertz CT molecular complexity index is 191. The van der Waals surface area contributed by atoms with Crippen molar-refractivity contribution in [2.45, 2.75) is 40.3 Å². The van der Waals surface area contributed by atoms with E-state index < -0.39 is 0 Å². The second-order valence-corrected chi connectivity index (χ2v) is 3.71. The fourth-order valence-electron chi connectivity index (χ4n) is 2.12. The van der Waals surface area contributed by atoms with Gasteiger partial charge in [0.05, 0.1) is 18.7 Å². The summed E-state index contributed by atoms with van der Waals surface area (Å²) in [6.45, 7) is 13.7. The Labute approximate surface area is 99.9 Å². The van der Waals surface area contributed by atoms with E-state index in [4.69, 9.17) is 5.41 Å². The molecule has 0 heterocycles. The largest absolute Gasteiger partial charge is 0.288 e. The van der Waals surface area contributed by atoms with Gasteiger partial charge in [-0.15, -0.1) is 0 Å². The molecule has 0 aromatic carbocycles. The van der Waals surface area contributed by atoms with Crippen LogP contribution in [0, 0.1) is 5.41 Å². The fourth-order valence-corrected chi connectivity index (χ4v) is 2.12. The molecule has 0 atom stereocenters. The fraction of sp³-hybridized carbons (Fsp3) is 0.917. The number of hydrogen-bond donors (Lipinski definition) is 1. The summed E-state index contributed by atoms with van der Waals surface area (Å²) in [6.07, 6.45) is 1.43. The summed E-state index contributed by atoms with van der Waals surface area (Å²) < 4.78 is 0. The van der Waals surface area contributed by atoms with Gasteiger partial charge in [-0.3, -0.25) is 9.80 Å². The van der Waals surface area contributed by atoms with E-state index in [1.807, 2.05) is 0 Å². The zero-order chi connectivity index (χ0) is 12.4. The van der Waals surface area contributed by atoms with Gasteiger partial charge >= 0.3 is 0 Å². The van der Waals surface area contributed by atoms with Gasteiger partial charge in [-0.2, -0.15) is 0 Å². The molecule has 0 bridgehead atoms. The molecule has 0 unspecified atom stereocenters. The van der Waals surface area contributed by atoms with Crippen LogP contribution in [0.4, 0.5) is 0 Å². The van der Waals surface area contributed by atoms with Crippen LogP contribution in [0.1, 0.15) is 34.1 Å². The maximum Gasteiger partial charge on any atom is 0.0861 e. The highest BCUT2D eigenvalue weighted by Crippen LogP contribution is 2.10. The van der Waals surface area contributed by atoms with Crippen LogP contribution in [0.3, 0.4) is 0 Å². The lowest BCUT2D eigenvalue weighted by molar-refractivity contribution is 0.0522.